The van der Waals surface area contributed by atoms with Gasteiger partial charge in [-0.1, -0.05) is 0 Å². The van der Waals surface area contributed by atoms with Crippen LogP contribution in [0.1, 0.15) is 26.7 Å². The predicted molar refractivity (Wildman–Crippen MR) is 67.5 cm³/mol. The van der Waals surface area contributed by atoms with E-state index in [9.17, 15) is 18.4 Å². The van der Waals surface area contributed by atoms with Gasteiger partial charge >= 0.3 is 5.97 Å². The third-order valence-electron chi connectivity index (χ3n) is 2.42. The minimum absolute atomic E-state index is 0. The van der Waals surface area contributed by atoms with Gasteiger partial charge in [-0.05, 0) is 13.8 Å². The Morgan fingerprint density at radius 3 is 2.58 bits per heavy atom. The summed E-state index contributed by atoms with van der Waals surface area (Å²) in [7, 11) is 0. The van der Waals surface area contributed by atoms with E-state index in [2.05, 4.69) is 10.6 Å². The molecular formula is C11H19ClF2N2O3. The van der Waals surface area contributed by atoms with Gasteiger partial charge in [0, 0.05) is 13.0 Å². The zero-order chi connectivity index (χ0) is 13.8. The number of esters is 1. The maximum absolute atomic E-state index is 12.8. The van der Waals surface area contributed by atoms with E-state index < -0.39 is 36.8 Å². The highest BCUT2D eigenvalue weighted by molar-refractivity contribution is 5.85. The maximum atomic E-state index is 12.8. The van der Waals surface area contributed by atoms with Crippen molar-refractivity contribution in [2.75, 3.05) is 13.1 Å². The molecular weight excluding hydrogens is 282 g/mol. The Morgan fingerprint density at radius 1 is 1.47 bits per heavy atom. The summed E-state index contributed by atoms with van der Waals surface area (Å²) < 4.78 is 30.5. The molecule has 0 aliphatic carbocycles. The van der Waals surface area contributed by atoms with E-state index in [4.69, 9.17) is 4.74 Å². The van der Waals surface area contributed by atoms with Crippen molar-refractivity contribution in [1.82, 2.24) is 10.6 Å². The van der Waals surface area contributed by atoms with Gasteiger partial charge in [0.2, 0.25) is 5.91 Å². The van der Waals surface area contributed by atoms with Crippen LogP contribution in [0.25, 0.3) is 0 Å². The lowest BCUT2D eigenvalue weighted by Gasteiger charge is -2.11. The van der Waals surface area contributed by atoms with Crippen LogP contribution in [0.5, 0.6) is 0 Å². The Labute approximate surface area is 116 Å². The first-order valence-corrected chi connectivity index (χ1v) is 5.88. The average Bonchev–Trinajstić information content (AvgIpc) is 2.57. The number of hydrogen-bond acceptors (Lipinski definition) is 4. The van der Waals surface area contributed by atoms with Crippen molar-refractivity contribution in [3.63, 3.8) is 0 Å². The molecule has 1 aliphatic heterocycles. The third-order valence-corrected chi connectivity index (χ3v) is 2.42. The van der Waals surface area contributed by atoms with Crippen LogP contribution < -0.4 is 10.6 Å². The topological polar surface area (TPSA) is 67.4 Å². The van der Waals surface area contributed by atoms with Crippen LogP contribution in [0.2, 0.25) is 0 Å². The molecule has 1 unspecified atom stereocenters. The summed E-state index contributed by atoms with van der Waals surface area (Å²) >= 11 is 0. The second kappa shape index (κ2) is 7.59. The van der Waals surface area contributed by atoms with Crippen molar-refractivity contribution >= 4 is 24.3 Å². The molecule has 1 aliphatic rings. The minimum atomic E-state index is -2.83. The highest BCUT2D eigenvalue weighted by Crippen LogP contribution is 2.24. The number of halogens is 3. The van der Waals surface area contributed by atoms with Gasteiger partial charge in [0.25, 0.3) is 5.92 Å². The summed E-state index contributed by atoms with van der Waals surface area (Å²) in [5.74, 6) is -3.77. The summed E-state index contributed by atoms with van der Waals surface area (Å²) in [5.41, 5.74) is 0. The molecule has 0 aromatic carbocycles. The van der Waals surface area contributed by atoms with Crippen LogP contribution in [0.4, 0.5) is 8.78 Å². The van der Waals surface area contributed by atoms with Gasteiger partial charge in [0.1, 0.15) is 0 Å². The fourth-order valence-electron chi connectivity index (χ4n) is 1.63. The average molecular weight is 301 g/mol. The van der Waals surface area contributed by atoms with E-state index in [0.29, 0.717) is 0 Å². The maximum Gasteiger partial charge on any atom is 0.307 e. The SMILES string of the molecule is CC(C)OC(=O)CCNC(=O)C1CC(F)(F)CN1.Cl. The van der Waals surface area contributed by atoms with Gasteiger partial charge in [0.15, 0.2) is 0 Å². The van der Waals surface area contributed by atoms with Gasteiger partial charge in [-0.3, -0.25) is 14.9 Å². The molecule has 1 amide bonds. The molecule has 1 saturated heterocycles. The molecule has 1 heterocycles. The fourth-order valence-corrected chi connectivity index (χ4v) is 1.63. The van der Waals surface area contributed by atoms with E-state index in [-0.39, 0.29) is 31.5 Å². The number of alkyl halides is 2. The van der Waals surface area contributed by atoms with Crippen LogP contribution in [0.3, 0.4) is 0 Å². The van der Waals surface area contributed by atoms with Crippen LogP contribution in [0.15, 0.2) is 0 Å². The van der Waals surface area contributed by atoms with Crippen molar-refractivity contribution in [1.29, 1.82) is 0 Å². The monoisotopic (exact) mass is 300 g/mol. The fraction of sp³-hybridized carbons (Fsp3) is 0.818. The van der Waals surface area contributed by atoms with Gasteiger partial charge in [0.05, 0.1) is 25.1 Å². The third kappa shape index (κ3) is 6.68. The molecule has 2 N–H and O–H groups in total. The molecule has 0 bridgehead atoms. The molecule has 0 spiro atoms. The van der Waals surface area contributed by atoms with Crippen molar-refractivity contribution in [3.8, 4) is 0 Å². The lowest BCUT2D eigenvalue weighted by molar-refractivity contribution is -0.147. The smallest absolute Gasteiger partial charge is 0.307 e. The van der Waals surface area contributed by atoms with E-state index >= 15 is 0 Å². The van der Waals surface area contributed by atoms with Crippen LogP contribution in [0, 0.1) is 0 Å². The van der Waals surface area contributed by atoms with Crippen molar-refractivity contribution in [2.45, 2.75) is 44.8 Å². The first kappa shape index (κ1) is 18.0. The molecule has 0 saturated carbocycles. The summed E-state index contributed by atoms with van der Waals surface area (Å²) in [6.07, 6.45) is -0.675. The zero-order valence-electron chi connectivity index (χ0n) is 10.9. The number of hydrogen-bond donors (Lipinski definition) is 2. The predicted octanol–water partition coefficient (Wildman–Crippen LogP) is 0.863. The molecule has 1 rings (SSSR count). The number of rotatable bonds is 5. The minimum Gasteiger partial charge on any atom is -0.463 e. The van der Waals surface area contributed by atoms with Gasteiger partial charge in [-0.2, -0.15) is 0 Å². The molecule has 8 heteroatoms. The molecule has 5 nitrogen and oxygen atoms in total. The van der Waals surface area contributed by atoms with Crippen LogP contribution >= 0.6 is 12.4 Å². The quantitative estimate of drug-likeness (QED) is 0.739. The standard InChI is InChI=1S/C11H18F2N2O3.ClH/c1-7(2)18-9(16)3-4-14-10(17)8-5-11(12,13)6-15-8;/h7-8,15H,3-6H2,1-2H3,(H,14,17);1H. The molecule has 0 aromatic rings. The summed E-state index contributed by atoms with van der Waals surface area (Å²) in [4.78, 5) is 22.6. The Balaban J connectivity index is 0.00000324. The number of nitrogens with one attached hydrogen (secondary N) is 2. The number of amides is 1. The Morgan fingerprint density at radius 2 is 2.11 bits per heavy atom. The highest BCUT2D eigenvalue weighted by Gasteiger charge is 2.42. The molecule has 112 valence electrons. The van der Waals surface area contributed by atoms with Crippen LogP contribution in [-0.4, -0.2) is 43.0 Å². The molecule has 0 radical (unpaired) electrons. The van der Waals surface area contributed by atoms with E-state index in [1.807, 2.05) is 0 Å². The van der Waals surface area contributed by atoms with Crippen molar-refractivity contribution in [2.24, 2.45) is 0 Å². The van der Waals surface area contributed by atoms with Crippen molar-refractivity contribution < 1.29 is 23.1 Å². The molecule has 1 atom stereocenters. The lowest BCUT2D eigenvalue weighted by Crippen LogP contribution is -2.41. The number of carbonyl (C=O) groups excluding carboxylic acids is 2. The Bertz CT molecular complexity index is 327. The Hall–Kier alpha value is -0.950. The number of ether oxygens (including phenoxy) is 1. The van der Waals surface area contributed by atoms with E-state index in [1.165, 1.54) is 0 Å². The van der Waals surface area contributed by atoms with Gasteiger partial charge in [-0.25, -0.2) is 8.78 Å². The van der Waals surface area contributed by atoms with Gasteiger partial charge in [-0.15, -0.1) is 12.4 Å². The first-order valence-electron chi connectivity index (χ1n) is 5.88. The summed E-state index contributed by atoms with van der Waals surface area (Å²) in [6, 6.07) is -0.888. The highest BCUT2D eigenvalue weighted by atomic mass is 35.5. The first-order chi connectivity index (χ1) is 8.30. The molecule has 19 heavy (non-hydrogen) atoms. The van der Waals surface area contributed by atoms with E-state index in [1.54, 1.807) is 13.8 Å². The molecule has 0 aromatic heterocycles. The normalized spacial score (nSPS) is 20.8. The van der Waals surface area contributed by atoms with Gasteiger partial charge < -0.3 is 10.1 Å². The summed E-state index contributed by atoms with van der Waals surface area (Å²) in [6.45, 7) is 3.05. The molecule has 1 fully saturated rings. The zero-order valence-corrected chi connectivity index (χ0v) is 11.7. The number of carbonyl (C=O) groups is 2. The summed E-state index contributed by atoms with van der Waals surface area (Å²) in [5, 5.41) is 4.87. The van der Waals surface area contributed by atoms with E-state index in [0.717, 1.165) is 0 Å². The largest absolute Gasteiger partial charge is 0.463 e. The lowest BCUT2D eigenvalue weighted by atomic mass is 10.2. The second-order valence-electron chi connectivity index (χ2n) is 4.57. The van der Waals surface area contributed by atoms with Crippen molar-refractivity contribution in [3.05, 3.63) is 0 Å². The Kier molecular flexibility index (Phi) is 7.21. The second-order valence-corrected chi connectivity index (χ2v) is 4.57. The van der Waals surface area contributed by atoms with Crippen LogP contribution in [-0.2, 0) is 14.3 Å².